The van der Waals surface area contributed by atoms with Crippen molar-refractivity contribution in [2.45, 2.75) is 81.4 Å². The summed E-state index contributed by atoms with van der Waals surface area (Å²) in [5.74, 6) is 6.24. The topological polar surface area (TPSA) is 145 Å². The zero-order valence-corrected chi connectivity index (χ0v) is 32.7. The van der Waals surface area contributed by atoms with E-state index in [1.54, 1.807) is 28.6 Å². The second kappa shape index (κ2) is 16.2. The number of aryl methyl sites for hydroxylation is 1. The molecule has 0 aliphatic carbocycles. The number of nitrogens with zero attached hydrogens (tertiary/aromatic N) is 2. The van der Waals surface area contributed by atoms with E-state index in [0.29, 0.717) is 37.3 Å². The summed E-state index contributed by atoms with van der Waals surface area (Å²) in [6.07, 6.45) is 4.56. The summed E-state index contributed by atoms with van der Waals surface area (Å²) in [6, 6.07) is 25.3. The van der Waals surface area contributed by atoms with Gasteiger partial charge >= 0.3 is 0 Å². The number of fused-ring (bicyclic) bond motifs is 4. The lowest BCUT2D eigenvalue weighted by Crippen LogP contribution is -2.52. The summed E-state index contributed by atoms with van der Waals surface area (Å²) in [5.41, 5.74) is 6.91. The number of benzene rings is 4. The fraction of sp³-hybridized carbons (Fsp3) is 0.356. The van der Waals surface area contributed by atoms with Gasteiger partial charge in [0.05, 0.1) is 36.7 Å². The second-order valence-electron chi connectivity index (χ2n) is 15.3. The van der Waals surface area contributed by atoms with Crippen molar-refractivity contribution >= 4 is 33.4 Å². The molecular weight excluding hydrogens is 741 g/mol. The minimum Gasteiger partial charge on any atom is -0.493 e. The van der Waals surface area contributed by atoms with E-state index >= 15 is 0 Å². The number of hydrogen-bond donors (Lipinski definition) is 3. The van der Waals surface area contributed by atoms with Gasteiger partial charge in [-0.05, 0) is 104 Å². The molecule has 4 heterocycles. The molecule has 1 unspecified atom stereocenters. The largest absolute Gasteiger partial charge is 0.493 e. The first-order valence-electron chi connectivity index (χ1n) is 19.7. The molecule has 4 atom stereocenters. The summed E-state index contributed by atoms with van der Waals surface area (Å²) in [5, 5.41) is 16.1. The van der Waals surface area contributed by atoms with E-state index in [1.165, 1.54) is 4.90 Å². The molecule has 11 nitrogen and oxygen atoms in total. The van der Waals surface area contributed by atoms with E-state index < -0.39 is 28.0 Å². The lowest BCUT2D eigenvalue weighted by molar-refractivity contribution is -0.136. The standard InChI is InChI=1S/C45H46N4O7S/c1-29-14-17-33(18-15-29)57(54,55)49-23-22-35-39(28-50)46-38-19-16-32(26-36(38)43(35)49)31-11-7-10-30(25-31)9-5-3-2-4-6-24-56-41-13-8-12-34-37(41)27-48(45(34)53)40-20-21-42(51)47-44(40)52/h7-8,10-19,25-26,35,39-40,43,46,50H,2-4,6,20-24,27-28H2,1H3,(H,47,51,52)/t35-,39+,40?,43-/m1/s1. The maximum atomic E-state index is 14.0. The van der Waals surface area contributed by atoms with Gasteiger partial charge in [0.2, 0.25) is 21.8 Å². The SMILES string of the molecule is Cc1ccc(S(=O)(=O)N2CC[C@@H]3[C@H](CO)Nc4ccc(-c5cccc(C#CCCCCCOc6cccc7c6CN(C6CCC(=O)NC6=O)C7=O)c5)cc4[C@@H]32)cc1. The summed E-state index contributed by atoms with van der Waals surface area (Å²) in [7, 11) is -3.76. The van der Waals surface area contributed by atoms with Crippen LogP contribution in [0.1, 0.15) is 83.6 Å². The first kappa shape index (κ1) is 38.4. The molecule has 4 aliphatic heterocycles. The van der Waals surface area contributed by atoms with E-state index in [1.807, 2.05) is 55.5 Å². The molecule has 2 saturated heterocycles. The molecule has 0 aromatic heterocycles. The number of unbranched alkanes of at least 4 members (excludes halogenated alkanes) is 3. The third kappa shape index (κ3) is 7.67. The van der Waals surface area contributed by atoms with Gasteiger partial charge in [0.25, 0.3) is 5.91 Å². The van der Waals surface area contributed by atoms with Crippen LogP contribution in [0.25, 0.3) is 11.1 Å². The number of aliphatic hydroxyl groups is 1. The highest BCUT2D eigenvalue weighted by atomic mass is 32.2. The Kier molecular flexibility index (Phi) is 10.9. The van der Waals surface area contributed by atoms with Crippen molar-refractivity contribution in [1.29, 1.82) is 0 Å². The Labute approximate surface area is 333 Å². The van der Waals surface area contributed by atoms with Crippen LogP contribution in [0.4, 0.5) is 5.69 Å². The number of aliphatic hydroxyl groups excluding tert-OH is 1. The number of imide groups is 1. The van der Waals surface area contributed by atoms with Gasteiger partial charge in [0, 0.05) is 47.7 Å². The maximum absolute atomic E-state index is 14.0. The zero-order chi connectivity index (χ0) is 39.7. The molecular formula is C45H46N4O7S. The molecule has 3 amide bonds. The van der Waals surface area contributed by atoms with Crippen LogP contribution in [0.3, 0.4) is 0 Å². The van der Waals surface area contributed by atoms with Crippen LogP contribution >= 0.6 is 0 Å². The van der Waals surface area contributed by atoms with Crippen LogP contribution in [0.5, 0.6) is 5.75 Å². The van der Waals surface area contributed by atoms with Crippen molar-refractivity contribution < 1.29 is 32.6 Å². The van der Waals surface area contributed by atoms with Gasteiger partial charge in [-0.3, -0.25) is 19.7 Å². The van der Waals surface area contributed by atoms with E-state index in [2.05, 4.69) is 34.6 Å². The van der Waals surface area contributed by atoms with Gasteiger partial charge in [0.15, 0.2) is 0 Å². The normalized spacial score (nSPS) is 21.5. The molecule has 57 heavy (non-hydrogen) atoms. The van der Waals surface area contributed by atoms with Gasteiger partial charge in [0.1, 0.15) is 11.8 Å². The average molecular weight is 787 g/mol. The molecule has 294 valence electrons. The number of ether oxygens (including phenoxy) is 1. The molecule has 0 radical (unpaired) electrons. The highest BCUT2D eigenvalue weighted by Gasteiger charge is 2.48. The Morgan fingerprint density at radius 3 is 2.53 bits per heavy atom. The summed E-state index contributed by atoms with van der Waals surface area (Å²) < 4.78 is 35.7. The fourth-order valence-corrected chi connectivity index (χ4v) is 10.3. The van der Waals surface area contributed by atoms with Crippen molar-refractivity contribution in [2.75, 3.05) is 25.1 Å². The third-order valence-corrected chi connectivity index (χ3v) is 13.5. The number of carbonyl (C=O) groups is 3. The van der Waals surface area contributed by atoms with E-state index in [9.17, 15) is 27.9 Å². The molecule has 4 aromatic rings. The number of rotatable bonds is 11. The van der Waals surface area contributed by atoms with Crippen molar-refractivity contribution in [1.82, 2.24) is 14.5 Å². The lowest BCUT2D eigenvalue weighted by Gasteiger charge is -2.39. The molecule has 0 saturated carbocycles. The van der Waals surface area contributed by atoms with Crippen LogP contribution in [-0.2, 0) is 26.2 Å². The van der Waals surface area contributed by atoms with Gasteiger partial charge in [-0.15, -0.1) is 0 Å². The predicted molar refractivity (Wildman–Crippen MR) is 216 cm³/mol. The number of piperidine rings is 1. The average Bonchev–Trinajstić information content (AvgIpc) is 3.82. The van der Waals surface area contributed by atoms with Crippen molar-refractivity contribution in [2.24, 2.45) is 5.92 Å². The smallest absolute Gasteiger partial charge is 0.255 e. The zero-order valence-electron chi connectivity index (χ0n) is 31.9. The summed E-state index contributed by atoms with van der Waals surface area (Å²) in [6.45, 7) is 3.01. The van der Waals surface area contributed by atoms with Crippen molar-refractivity contribution in [3.05, 3.63) is 113 Å². The predicted octanol–water partition coefficient (Wildman–Crippen LogP) is 5.95. The van der Waals surface area contributed by atoms with Gasteiger partial charge in [-0.2, -0.15) is 4.31 Å². The van der Waals surface area contributed by atoms with E-state index in [-0.39, 0.29) is 48.2 Å². The molecule has 4 aromatic carbocycles. The fourth-order valence-electron chi connectivity index (χ4n) is 8.62. The Balaban J connectivity index is 0.874. The minimum atomic E-state index is -3.76. The quantitative estimate of drug-likeness (QED) is 0.0962. The van der Waals surface area contributed by atoms with Crippen LogP contribution in [0, 0.1) is 24.7 Å². The monoisotopic (exact) mass is 786 g/mol. The number of amides is 3. The highest BCUT2D eigenvalue weighted by Crippen LogP contribution is 2.49. The molecule has 8 rings (SSSR count). The Hall–Kier alpha value is -5.48. The van der Waals surface area contributed by atoms with E-state index in [4.69, 9.17) is 4.74 Å². The van der Waals surface area contributed by atoms with Crippen LogP contribution in [0.2, 0.25) is 0 Å². The van der Waals surface area contributed by atoms with Gasteiger partial charge in [-0.25, -0.2) is 8.42 Å². The van der Waals surface area contributed by atoms with Crippen molar-refractivity contribution in [3.63, 3.8) is 0 Å². The van der Waals surface area contributed by atoms with Crippen LogP contribution in [0.15, 0.2) is 89.8 Å². The van der Waals surface area contributed by atoms with Gasteiger partial charge in [-0.1, -0.05) is 53.8 Å². The second-order valence-corrected chi connectivity index (χ2v) is 17.2. The Morgan fingerprint density at radius 1 is 0.912 bits per heavy atom. The van der Waals surface area contributed by atoms with Crippen molar-refractivity contribution in [3.8, 4) is 28.7 Å². The molecule has 0 bridgehead atoms. The van der Waals surface area contributed by atoms with Crippen LogP contribution < -0.4 is 15.4 Å². The maximum Gasteiger partial charge on any atom is 0.255 e. The minimum absolute atomic E-state index is 0.0655. The van der Waals surface area contributed by atoms with Crippen LogP contribution in [-0.4, -0.2) is 72.3 Å². The summed E-state index contributed by atoms with van der Waals surface area (Å²) in [4.78, 5) is 38.9. The molecule has 0 spiro atoms. The number of sulfonamides is 1. The third-order valence-electron chi connectivity index (χ3n) is 11.6. The molecule has 12 heteroatoms. The lowest BCUT2D eigenvalue weighted by atomic mass is 9.82. The number of anilines is 1. The highest BCUT2D eigenvalue weighted by molar-refractivity contribution is 7.89. The Bertz CT molecular complexity index is 2390. The molecule has 4 aliphatic rings. The van der Waals surface area contributed by atoms with Gasteiger partial charge < -0.3 is 20.1 Å². The first-order chi connectivity index (χ1) is 27.6. The Morgan fingerprint density at radius 2 is 1.72 bits per heavy atom. The number of hydrogen-bond acceptors (Lipinski definition) is 8. The number of nitrogens with one attached hydrogen (secondary N) is 2. The van der Waals surface area contributed by atoms with E-state index in [0.717, 1.165) is 64.8 Å². The number of carbonyl (C=O) groups excluding carboxylic acids is 3. The summed E-state index contributed by atoms with van der Waals surface area (Å²) >= 11 is 0. The molecule has 3 N–H and O–H groups in total. The molecule has 2 fully saturated rings. The first-order valence-corrected chi connectivity index (χ1v) is 21.1.